The van der Waals surface area contributed by atoms with Crippen LogP contribution in [0.25, 0.3) is 0 Å². The molecule has 5 nitrogen and oxygen atoms in total. The number of hydrogen-bond donors (Lipinski definition) is 2. The molecule has 2 N–H and O–H groups in total. The molecule has 0 aliphatic heterocycles. The number of anilines is 1. The lowest BCUT2D eigenvalue weighted by atomic mass is 10.1. The van der Waals surface area contributed by atoms with Crippen LogP contribution in [0.4, 0.5) is 23.2 Å². The quantitative estimate of drug-likeness (QED) is 0.562. The number of carbonyl (C=O) groups excluding carboxylic acids is 2. The Morgan fingerprint density at radius 3 is 2.59 bits per heavy atom. The summed E-state index contributed by atoms with van der Waals surface area (Å²) in [5.74, 6) is -4.52. The molecular formula is C20H26F4N2O3. The molecular weight excluding hydrogens is 392 g/mol. The molecule has 0 radical (unpaired) electrons. The Labute approximate surface area is 167 Å². The van der Waals surface area contributed by atoms with Gasteiger partial charge in [0.15, 0.2) is 0 Å². The monoisotopic (exact) mass is 418 g/mol. The standard InChI is InChI=1S/C20H26F4N2O3/c1-13(25-18(28)15-6-2-3-7-15)9-17(27)26-16-8-4-5-14(10-16)11-29-12-20(23,24)19(21)22/h4-5,8,10,13,15,19H,2-3,6-7,9,11-12H2,1H3,(H,25,28)(H,26,27). The maximum atomic E-state index is 12.8. The lowest BCUT2D eigenvalue weighted by Crippen LogP contribution is -2.38. The molecule has 0 aromatic heterocycles. The van der Waals surface area contributed by atoms with Gasteiger partial charge in [0.25, 0.3) is 0 Å². The number of amides is 2. The Kier molecular flexibility index (Phi) is 8.43. The van der Waals surface area contributed by atoms with Gasteiger partial charge in [0.2, 0.25) is 11.8 Å². The number of hydrogen-bond acceptors (Lipinski definition) is 3. The zero-order valence-corrected chi connectivity index (χ0v) is 16.2. The Hall–Kier alpha value is -2.16. The van der Waals surface area contributed by atoms with Crippen LogP contribution in [0.15, 0.2) is 24.3 Å². The van der Waals surface area contributed by atoms with Gasteiger partial charge in [0.05, 0.1) is 6.61 Å². The minimum atomic E-state index is -4.20. The molecule has 0 heterocycles. The first-order valence-corrected chi connectivity index (χ1v) is 9.60. The number of nitrogens with one attached hydrogen (secondary N) is 2. The summed E-state index contributed by atoms with van der Waals surface area (Å²) in [6, 6.07) is 5.95. The third-order valence-electron chi connectivity index (χ3n) is 4.70. The fourth-order valence-corrected chi connectivity index (χ4v) is 3.20. The van der Waals surface area contributed by atoms with Gasteiger partial charge in [-0.2, -0.15) is 8.78 Å². The van der Waals surface area contributed by atoms with Crippen molar-refractivity contribution in [3.05, 3.63) is 29.8 Å². The highest BCUT2D eigenvalue weighted by atomic mass is 19.3. The zero-order chi connectivity index (χ0) is 21.4. The van der Waals surface area contributed by atoms with E-state index in [-0.39, 0.29) is 36.8 Å². The molecule has 0 spiro atoms. The van der Waals surface area contributed by atoms with Crippen LogP contribution in [0.3, 0.4) is 0 Å². The van der Waals surface area contributed by atoms with E-state index >= 15 is 0 Å². The van der Waals surface area contributed by atoms with Gasteiger partial charge in [-0.05, 0) is 37.5 Å². The first kappa shape index (κ1) is 23.1. The molecule has 1 aliphatic rings. The first-order chi connectivity index (χ1) is 13.7. The smallest absolute Gasteiger partial charge is 0.330 e. The van der Waals surface area contributed by atoms with Gasteiger partial charge in [-0.25, -0.2) is 8.78 Å². The summed E-state index contributed by atoms with van der Waals surface area (Å²) >= 11 is 0. The Morgan fingerprint density at radius 1 is 1.24 bits per heavy atom. The van der Waals surface area contributed by atoms with E-state index in [0.29, 0.717) is 11.3 Å². The van der Waals surface area contributed by atoms with Gasteiger partial charge in [-0.15, -0.1) is 0 Å². The van der Waals surface area contributed by atoms with Crippen LogP contribution >= 0.6 is 0 Å². The Bertz CT molecular complexity index is 694. The number of alkyl halides is 4. The summed E-state index contributed by atoms with van der Waals surface area (Å²) in [5, 5.41) is 5.52. The second kappa shape index (κ2) is 10.6. The van der Waals surface area contributed by atoms with Crippen LogP contribution in [0.5, 0.6) is 0 Å². The van der Waals surface area contributed by atoms with Crippen molar-refractivity contribution in [3.63, 3.8) is 0 Å². The summed E-state index contributed by atoms with van der Waals surface area (Å²) in [6.45, 7) is 0.0687. The molecule has 1 unspecified atom stereocenters. The number of ether oxygens (including phenoxy) is 1. The molecule has 1 aromatic rings. The predicted octanol–water partition coefficient (Wildman–Crippen LogP) is 4.13. The van der Waals surface area contributed by atoms with Crippen LogP contribution in [0.1, 0.15) is 44.6 Å². The Morgan fingerprint density at radius 2 is 1.93 bits per heavy atom. The summed E-state index contributed by atoms with van der Waals surface area (Å²) in [7, 11) is 0. The van der Waals surface area contributed by atoms with Gasteiger partial charge in [0, 0.05) is 24.1 Å². The number of benzene rings is 1. The average Bonchev–Trinajstić information content (AvgIpc) is 3.16. The Balaban J connectivity index is 1.78. The molecule has 1 saturated carbocycles. The second-order valence-electron chi connectivity index (χ2n) is 7.40. The van der Waals surface area contributed by atoms with Crippen molar-refractivity contribution in [1.82, 2.24) is 5.32 Å². The minimum absolute atomic E-state index is 0.0228. The average molecular weight is 418 g/mol. The van der Waals surface area contributed by atoms with Crippen LogP contribution in [-0.2, 0) is 20.9 Å². The summed E-state index contributed by atoms with van der Waals surface area (Å²) < 4.78 is 54.6. The van der Waals surface area contributed by atoms with Crippen LogP contribution in [0.2, 0.25) is 0 Å². The van der Waals surface area contributed by atoms with Crippen LogP contribution in [-0.4, -0.2) is 36.8 Å². The van der Waals surface area contributed by atoms with E-state index in [1.54, 1.807) is 25.1 Å². The first-order valence-electron chi connectivity index (χ1n) is 9.60. The van der Waals surface area contributed by atoms with Crippen molar-refractivity contribution < 1.29 is 31.9 Å². The van der Waals surface area contributed by atoms with Crippen molar-refractivity contribution >= 4 is 17.5 Å². The summed E-state index contributed by atoms with van der Waals surface area (Å²) in [6.07, 6.45) is 0.148. The maximum Gasteiger partial charge on any atom is 0.330 e. The van der Waals surface area contributed by atoms with Gasteiger partial charge >= 0.3 is 12.3 Å². The van der Waals surface area contributed by atoms with Crippen molar-refractivity contribution in [1.29, 1.82) is 0 Å². The summed E-state index contributed by atoms with van der Waals surface area (Å²) in [5.41, 5.74) is 0.876. The molecule has 2 amide bonds. The van der Waals surface area contributed by atoms with E-state index in [2.05, 4.69) is 15.4 Å². The molecule has 2 rings (SSSR count). The molecule has 0 bridgehead atoms. The van der Waals surface area contributed by atoms with E-state index in [0.717, 1.165) is 25.7 Å². The third kappa shape index (κ3) is 7.64. The van der Waals surface area contributed by atoms with E-state index in [1.807, 2.05) is 0 Å². The van der Waals surface area contributed by atoms with E-state index in [9.17, 15) is 27.2 Å². The molecule has 1 aromatic carbocycles. The molecule has 1 aliphatic carbocycles. The topological polar surface area (TPSA) is 67.4 Å². The summed E-state index contributed by atoms with van der Waals surface area (Å²) in [4.78, 5) is 24.3. The maximum absolute atomic E-state index is 12.8. The molecule has 9 heteroatoms. The van der Waals surface area contributed by atoms with Gasteiger partial charge in [-0.3, -0.25) is 9.59 Å². The number of carbonyl (C=O) groups is 2. The van der Waals surface area contributed by atoms with Gasteiger partial charge in [-0.1, -0.05) is 25.0 Å². The van der Waals surface area contributed by atoms with E-state index < -0.39 is 19.0 Å². The van der Waals surface area contributed by atoms with Crippen molar-refractivity contribution in [2.24, 2.45) is 5.92 Å². The number of rotatable bonds is 10. The zero-order valence-electron chi connectivity index (χ0n) is 16.2. The van der Waals surface area contributed by atoms with Crippen LogP contribution < -0.4 is 10.6 Å². The SMILES string of the molecule is CC(CC(=O)Nc1cccc(COCC(F)(F)C(F)F)c1)NC(=O)C1CCCC1. The third-order valence-corrected chi connectivity index (χ3v) is 4.70. The van der Waals surface area contributed by atoms with Gasteiger partial charge < -0.3 is 15.4 Å². The second-order valence-corrected chi connectivity index (χ2v) is 7.40. The predicted molar refractivity (Wildman–Crippen MR) is 99.9 cm³/mol. The highest BCUT2D eigenvalue weighted by Crippen LogP contribution is 2.25. The van der Waals surface area contributed by atoms with E-state index in [4.69, 9.17) is 0 Å². The van der Waals surface area contributed by atoms with Crippen molar-refractivity contribution in [2.45, 2.75) is 64.0 Å². The highest BCUT2D eigenvalue weighted by Gasteiger charge is 2.40. The van der Waals surface area contributed by atoms with Crippen molar-refractivity contribution in [3.8, 4) is 0 Å². The number of halogens is 4. The molecule has 162 valence electrons. The van der Waals surface area contributed by atoms with Crippen LogP contribution in [0, 0.1) is 5.92 Å². The largest absolute Gasteiger partial charge is 0.370 e. The fraction of sp³-hybridized carbons (Fsp3) is 0.600. The van der Waals surface area contributed by atoms with Gasteiger partial charge in [0.1, 0.15) is 6.61 Å². The lowest BCUT2D eigenvalue weighted by Gasteiger charge is -2.17. The van der Waals surface area contributed by atoms with Crippen molar-refractivity contribution in [2.75, 3.05) is 11.9 Å². The molecule has 0 saturated heterocycles. The minimum Gasteiger partial charge on any atom is -0.370 e. The highest BCUT2D eigenvalue weighted by molar-refractivity contribution is 5.91. The normalized spacial score (nSPS) is 16.1. The van der Waals surface area contributed by atoms with E-state index in [1.165, 1.54) is 6.07 Å². The molecule has 29 heavy (non-hydrogen) atoms. The lowest BCUT2D eigenvalue weighted by molar-refractivity contribution is -0.168. The molecule has 1 fully saturated rings. The molecule has 1 atom stereocenters. The fourth-order valence-electron chi connectivity index (χ4n) is 3.20.